The Balaban J connectivity index is 0.000000345. The van der Waals surface area contributed by atoms with Gasteiger partial charge in [-0.3, -0.25) is 4.79 Å². The molecule has 1 fully saturated rings. The number of ether oxygens (including phenoxy) is 1. The third kappa shape index (κ3) is 6.74. The summed E-state index contributed by atoms with van der Waals surface area (Å²) in [4.78, 5) is 20.6. The van der Waals surface area contributed by atoms with Crippen LogP contribution in [0, 0.1) is 5.82 Å². The molecule has 0 atom stereocenters. The van der Waals surface area contributed by atoms with Gasteiger partial charge in [-0.05, 0) is 44.0 Å². The Morgan fingerprint density at radius 2 is 1.71 bits per heavy atom. The number of anilines is 1. The smallest absolute Gasteiger partial charge is 0.293 e. The summed E-state index contributed by atoms with van der Waals surface area (Å²) in [5, 5.41) is 3.30. The Morgan fingerprint density at radius 1 is 1.14 bits per heavy atom. The number of nitrogens with one attached hydrogen (secondary N) is 1. The summed E-state index contributed by atoms with van der Waals surface area (Å²) in [7, 11) is 0. The number of hydrogen-bond donors (Lipinski definition) is 1. The highest BCUT2D eigenvalue weighted by Crippen LogP contribution is 2.21. The van der Waals surface area contributed by atoms with Crippen LogP contribution in [0.2, 0.25) is 0 Å². The van der Waals surface area contributed by atoms with Gasteiger partial charge >= 0.3 is 0 Å². The fraction of sp³-hybridized carbons (Fsp3) is 0.381. The molecular formula is C21H27FN4O2. The van der Waals surface area contributed by atoms with Crippen molar-refractivity contribution in [2.45, 2.75) is 26.4 Å². The van der Waals surface area contributed by atoms with Crippen LogP contribution in [0.5, 0.6) is 0 Å². The van der Waals surface area contributed by atoms with Gasteiger partial charge < -0.3 is 15.0 Å². The van der Waals surface area contributed by atoms with Gasteiger partial charge in [-0.25, -0.2) is 14.4 Å². The molecule has 1 aliphatic heterocycles. The molecule has 1 N–H and O–H groups in total. The van der Waals surface area contributed by atoms with Gasteiger partial charge in [-0.2, -0.15) is 0 Å². The maximum Gasteiger partial charge on any atom is 0.293 e. The van der Waals surface area contributed by atoms with Crippen molar-refractivity contribution < 1.29 is 13.9 Å². The molecular weight excluding hydrogens is 359 g/mol. The van der Waals surface area contributed by atoms with E-state index < -0.39 is 0 Å². The first-order chi connectivity index (χ1) is 13.3. The van der Waals surface area contributed by atoms with E-state index in [2.05, 4.69) is 31.5 Å². The number of piperazine rings is 1. The number of carbonyl (C=O) groups excluding carboxylic acids is 1. The molecule has 1 aromatic heterocycles. The fourth-order valence-electron chi connectivity index (χ4n) is 2.47. The maximum absolute atomic E-state index is 12.9. The summed E-state index contributed by atoms with van der Waals surface area (Å²) in [6.45, 7) is 13.7. The molecule has 1 saturated heterocycles. The van der Waals surface area contributed by atoms with Crippen molar-refractivity contribution in [2.24, 2.45) is 0 Å². The molecule has 0 radical (unpaired) electrons. The van der Waals surface area contributed by atoms with Crippen LogP contribution in [0.4, 0.5) is 10.3 Å². The molecule has 28 heavy (non-hydrogen) atoms. The van der Waals surface area contributed by atoms with Gasteiger partial charge in [0.05, 0.1) is 0 Å². The Bertz CT molecular complexity index is 764. The first-order valence-electron chi connectivity index (χ1n) is 9.14. The summed E-state index contributed by atoms with van der Waals surface area (Å²) < 4.78 is 17.5. The van der Waals surface area contributed by atoms with Gasteiger partial charge in [0.1, 0.15) is 11.4 Å². The van der Waals surface area contributed by atoms with Crippen LogP contribution in [0.1, 0.15) is 31.9 Å². The van der Waals surface area contributed by atoms with Crippen molar-refractivity contribution in [3.8, 4) is 0 Å². The van der Waals surface area contributed by atoms with Gasteiger partial charge in [0.25, 0.3) is 6.47 Å². The van der Waals surface area contributed by atoms with Crippen molar-refractivity contribution in [1.29, 1.82) is 0 Å². The molecule has 2 heterocycles. The lowest BCUT2D eigenvalue weighted by Crippen LogP contribution is -2.44. The second-order valence-corrected chi connectivity index (χ2v) is 7.32. The van der Waals surface area contributed by atoms with Crippen LogP contribution < -0.4 is 10.2 Å². The zero-order valence-corrected chi connectivity index (χ0v) is 16.6. The highest BCUT2D eigenvalue weighted by molar-refractivity contribution is 5.77. The SMILES string of the molecule is C=C(c1ccc(F)cc1)c1cnc(N2CCNCC2)nc1.CC(C)(C)OC=O. The molecule has 150 valence electrons. The van der Waals surface area contributed by atoms with Gasteiger partial charge in [-0.1, -0.05) is 18.7 Å². The van der Waals surface area contributed by atoms with E-state index in [1.165, 1.54) is 12.1 Å². The van der Waals surface area contributed by atoms with E-state index in [4.69, 9.17) is 0 Å². The van der Waals surface area contributed by atoms with E-state index in [0.717, 1.165) is 48.8 Å². The summed E-state index contributed by atoms with van der Waals surface area (Å²) >= 11 is 0. The summed E-state index contributed by atoms with van der Waals surface area (Å²) in [5.41, 5.74) is 2.19. The maximum atomic E-state index is 12.9. The van der Waals surface area contributed by atoms with E-state index in [9.17, 15) is 9.18 Å². The molecule has 6 nitrogen and oxygen atoms in total. The second-order valence-electron chi connectivity index (χ2n) is 7.32. The number of rotatable bonds is 4. The van der Waals surface area contributed by atoms with Crippen molar-refractivity contribution >= 4 is 18.0 Å². The van der Waals surface area contributed by atoms with E-state index in [-0.39, 0.29) is 11.4 Å². The Labute approximate surface area is 165 Å². The lowest BCUT2D eigenvalue weighted by Gasteiger charge is -2.27. The first kappa shape index (κ1) is 21.5. The zero-order chi connectivity index (χ0) is 20.6. The number of aromatic nitrogens is 2. The van der Waals surface area contributed by atoms with Crippen molar-refractivity contribution in [3.05, 3.63) is 60.2 Å². The number of hydrogen-bond acceptors (Lipinski definition) is 6. The van der Waals surface area contributed by atoms with Crippen molar-refractivity contribution in [2.75, 3.05) is 31.1 Å². The fourth-order valence-corrected chi connectivity index (χ4v) is 2.47. The number of carbonyl (C=O) groups is 1. The third-order valence-electron chi connectivity index (χ3n) is 3.98. The average molecular weight is 386 g/mol. The van der Waals surface area contributed by atoms with E-state index in [0.29, 0.717) is 6.47 Å². The topological polar surface area (TPSA) is 67.3 Å². The zero-order valence-electron chi connectivity index (χ0n) is 16.6. The second kappa shape index (κ2) is 9.94. The molecule has 2 aromatic rings. The van der Waals surface area contributed by atoms with E-state index in [1.807, 2.05) is 20.8 Å². The van der Waals surface area contributed by atoms with Crippen LogP contribution in [0.15, 0.2) is 43.2 Å². The Morgan fingerprint density at radius 3 is 2.18 bits per heavy atom. The normalized spacial score (nSPS) is 13.9. The number of nitrogens with zero attached hydrogens (tertiary/aromatic N) is 3. The van der Waals surface area contributed by atoms with Gasteiger partial charge in [0, 0.05) is 44.1 Å². The molecule has 0 amide bonds. The third-order valence-corrected chi connectivity index (χ3v) is 3.98. The molecule has 0 unspecified atom stereocenters. The molecule has 7 heteroatoms. The highest BCUT2D eigenvalue weighted by Gasteiger charge is 2.13. The van der Waals surface area contributed by atoms with Crippen LogP contribution in [0.25, 0.3) is 5.57 Å². The molecule has 0 saturated carbocycles. The molecule has 0 aliphatic carbocycles. The van der Waals surface area contributed by atoms with E-state index >= 15 is 0 Å². The largest absolute Gasteiger partial charge is 0.462 e. The minimum Gasteiger partial charge on any atom is -0.462 e. The van der Waals surface area contributed by atoms with Crippen LogP contribution in [-0.2, 0) is 9.53 Å². The lowest BCUT2D eigenvalue weighted by atomic mass is 10.0. The molecule has 1 aromatic carbocycles. The van der Waals surface area contributed by atoms with Gasteiger partial charge in [-0.15, -0.1) is 0 Å². The predicted octanol–water partition coefficient (Wildman–Crippen LogP) is 3.04. The Kier molecular flexibility index (Phi) is 7.63. The van der Waals surface area contributed by atoms with Gasteiger partial charge in [0.15, 0.2) is 0 Å². The van der Waals surface area contributed by atoms with Crippen LogP contribution in [0.3, 0.4) is 0 Å². The average Bonchev–Trinajstić information content (AvgIpc) is 2.68. The predicted molar refractivity (Wildman–Crippen MR) is 109 cm³/mol. The molecule has 3 rings (SSSR count). The first-order valence-corrected chi connectivity index (χ1v) is 9.14. The minimum atomic E-state index is -0.318. The van der Waals surface area contributed by atoms with Gasteiger partial charge in [0.2, 0.25) is 5.95 Å². The van der Waals surface area contributed by atoms with Crippen molar-refractivity contribution in [3.63, 3.8) is 0 Å². The minimum absolute atomic E-state index is 0.253. The van der Waals surface area contributed by atoms with Crippen LogP contribution >= 0.6 is 0 Å². The van der Waals surface area contributed by atoms with E-state index in [1.54, 1.807) is 24.5 Å². The monoisotopic (exact) mass is 386 g/mol. The lowest BCUT2D eigenvalue weighted by molar-refractivity contribution is -0.138. The quantitative estimate of drug-likeness (QED) is 0.815. The standard InChI is InChI=1S/C16H17FN4.C5H10O2/c1-12(13-2-4-15(17)5-3-13)14-10-19-16(20-11-14)21-8-6-18-7-9-21;1-5(2,3)7-4-6/h2-5,10-11,18H,1,6-9H2;4H,1-3H3. The summed E-state index contributed by atoms with van der Waals surface area (Å²) in [6.07, 6.45) is 3.55. The number of benzene rings is 1. The molecule has 0 bridgehead atoms. The summed E-state index contributed by atoms with van der Waals surface area (Å²) in [5.74, 6) is 0.490. The molecule has 0 spiro atoms. The summed E-state index contributed by atoms with van der Waals surface area (Å²) in [6, 6.07) is 6.27. The number of halogens is 1. The van der Waals surface area contributed by atoms with Crippen molar-refractivity contribution in [1.82, 2.24) is 15.3 Å². The van der Waals surface area contributed by atoms with Crippen LogP contribution in [-0.4, -0.2) is 48.2 Å². The highest BCUT2D eigenvalue weighted by atomic mass is 19.1. The molecule has 1 aliphatic rings. The Hall–Kier alpha value is -2.80.